The lowest BCUT2D eigenvalue weighted by atomic mass is 10.2. The van der Waals surface area contributed by atoms with Gasteiger partial charge in [-0.3, -0.25) is 0 Å². The van der Waals surface area contributed by atoms with Crippen molar-refractivity contribution in [2.24, 2.45) is 0 Å². The summed E-state index contributed by atoms with van der Waals surface area (Å²) < 4.78 is 1.99. The van der Waals surface area contributed by atoms with Gasteiger partial charge in [0.1, 0.15) is 5.65 Å². The number of aliphatic hydroxyl groups excluding tert-OH is 1. The lowest BCUT2D eigenvalue weighted by Crippen LogP contribution is -1.94. The van der Waals surface area contributed by atoms with Crippen molar-refractivity contribution in [1.29, 1.82) is 0 Å². The van der Waals surface area contributed by atoms with Crippen molar-refractivity contribution in [1.82, 2.24) is 9.38 Å². The molecule has 2 rings (SSSR count). The van der Waals surface area contributed by atoms with E-state index in [9.17, 15) is 5.11 Å². The van der Waals surface area contributed by atoms with Gasteiger partial charge in [-0.25, -0.2) is 4.98 Å². The van der Waals surface area contributed by atoms with E-state index in [0.717, 1.165) is 16.9 Å². The Balaban J connectivity index is 0.000000531. The molecule has 0 aromatic carbocycles. The van der Waals surface area contributed by atoms with E-state index in [1.807, 2.05) is 49.7 Å². The van der Waals surface area contributed by atoms with Crippen LogP contribution in [0.2, 0.25) is 0 Å². The number of aryl methyl sites for hydroxylation is 1. The van der Waals surface area contributed by atoms with Gasteiger partial charge in [-0.1, -0.05) is 13.8 Å². The van der Waals surface area contributed by atoms with Crippen molar-refractivity contribution >= 4 is 5.65 Å². The zero-order valence-electron chi connectivity index (χ0n) is 9.73. The molecular formula is C12H18N2O. The molecule has 3 nitrogen and oxygen atoms in total. The summed E-state index contributed by atoms with van der Waals surface area (Å²) in [6, 6.07) is 3.81. The SMILES string of the molecule is CC.Cc1cnc2cc(C(C)O)ccn12. The highest BCUT2D eigenvalue weighted by molar-refractivity contribution is 5.43. The number of hydrogen-bond donors (Lipinski definition) is 1. The summed E-state index contributed by atoms with van der Waals surface area (Å²) in [5, 5.41) is 9.35. The van der Waals surface area contributed by atoms with E-state index >= 15 is 0 Å². The van der Waals surface area contributed by atoms with Crippen LogP contribution in [0.5, 0.6) is 0 Å². The van der Waals surface area contributed by atoms with Gasteiger partial charge in [0.05, 0.1) is 6.10 Å². The lowest BCUT2D eigenvalue weighted by Gasteiger charge is -2.04. The molecule has 1 atom stereocenters. The average Bonchev–Trinajstić information content (AvgIpc) is 2.63. The summed E-state index contributed by atoms with van der Waals surface area (Å²) in [4.78, 5) is 4.21. The minimum atomic E-state index is -0.429. The molecule has 1 N–H and O–H groups in total. The van der Waals surface area contributed by atoms with Crippen molar-refractivity contribution in [2.75, 3.05) is 0 Å². The fourth-order valence-electron chi connectivity index (χ4n) is 1.38. The highest BCUT2D eigenvalue weighted by Crippen LogP contribution is 2.14. The summed E-state index contributed by atoms with van der Waals surface area (Å²) >= 11 is 0. The Labute approximate surface area is 90.4 Å². The molecule has 0 bridgehead atoms. The maximum absolute atomic E-state index is 9.35. The number of fused-ring (bicyclic) bond motifs is 1. The van der Waals surface area contributed by atoms with E-state index in [-0.39, 0.29) is 0 Å². The van der Waals surface area contributed by atoms with Crippen LogP contribution in [-0.2, 0) is 0 Å². The number of aromatic nitrogens is 2. The highest BCUT2D eigenvalue weighted by Gasteiger charge is 2.03. The fourth-order valence-corrected chi connectivity index (χ4v) is 1.38. The molecule has 0 fully saturated rings. The maximum Gasteiger partial charge on any atom is 0.137 e. The molecule has 0 saturated heterocycles. The molecular weight excluding hydrogens is 188 g/mol. The minimum absolute atomic E-state index is 0.429. The summed E-state index contributed by atoms with van der Waals surface area (Å²) in [5.74, 6) is 0. The van der Waals surface area contributed by atoms with Gasteiger partial charge in [-0.2, -0.15) is 0 Å². The van der Waals surface area contributed by atoms with Gasteiger partial charge >= 0.3 is 0 Å². The number of rotatable bonds is 1. The molecule has 1 unspecified atom stereocenters. The molecule has 15 heavy (non-hydrogen) atoms. The van der Waals surface area contributed by atoms with Crippen molar-refractivity contribution in [3.05, 3.63) is 35.8 Å². The van der Waals surface area contributed by atoms with Crippen LogP contribution in [0.15, 0.2) is 24.5 Å². The number of pyridine rings is 1. The fraction of sp³-hybridized carbons (Fsp3) is 0.417. The third-order valence-corrected chi connectivity index (χ3v) is 2.20. The van der Waals surface area contributed by atoms with Crippen LogP contribution >= 0.6 is 0 Å². The first kappa shape index (κ1) is 11.7. The van der Waals surface area contributed by atoms with Gasteiger partial charge < -0.3 is 9.51 Å². The van der Waals surface area contributed by atoms with Crippen molar-refractivity contribution < 1.29 is 5.11 Å². The van der Waals surface area contributed by atoms with E-state index in [1.54, 1.807) is 6.92 Å². The Morgan fingerprint density at radius 3 is 2.67 bits per heavy atom. The van der Waals surface area contributed by atoms with Crippen LogP contribution in [0.4, 0.5) is 0 Å². The Morgan fingerprint density at radius 2 is 2.07 bits per heavy atom. The molecule has 2 heterocycles. The number of nitrogens with zero attached hydrogens (tertiary/aromatic N) is 2. The second kappa shape index (κ2) is 4.94. The minimum Gasteiger partial charge on any atom is -0.389 e. The average molecular weight is 206 g/mol. The summed E-state index contributed by atoms with van der Waals surface area (Å²) in [5.41, 5.74) is 2.89. The lowest BCUT2D eigenvalue weighted by molar-refractivity contribution is 0.199. The van der Waals surface area contributed by atoms with Gasteiger partial charge in [0.2, 0.25) is 0 Å². The molecule has 3 heteroatoms. The molecule has 0 saturated carbocycles. The number of aliphatic hydroxyl groups is 1. The molecule has 0 aliphatic carbocycles. The molecule has 0 aliphatic heterocycles. The molecule has 2 aromatic heterocycles. The van der Waals surface area contributed by atoms with Crippen LogP contribution in [-0.4, -0.2) is 14.5 Å². The first-order chi connectivity index (χ1) is 7.18. The van der Waals surface area contributed by atoms with Crippen LogP contribution in [0.1, 0.15) is 38.1 Å². The zero-order chi connectivity index (χ0) is 11.4. The van der Waals surface area contributed by atoms with Gasteiger partial charge in [0.15, 0.2) is 0 Å². The molecule has 0 radical (unpaired) electrons. The Morgan fingerprint density at radius 1 is 1.40 bits per heavy atom. The van der Waals surface area contributed by atoms with Gasteiger partial charge in [0, 0.05) is 18.1 Å². The first-order valence-electron chi connectivity index (χ1n) is 5.30. The second-order valence-electron chi connectivity index (χ2n) is 3.26. The zero-order valence-corrected chi connectivity index (χ0v) is 9.73. The predicted octanol–water partition coefficient (Wildman–Crippen LogP) is 2.72. The predicted molar refractivity (Wildman–Crippen MR) is 61.9 cm³/mol. The second-order valence-corrected chi connectivity index (χ2v) is 3.26. The van der Waals surface area contributed by atoms with E-state index < -0.39 is 6.10 Å². The van der Waals surface area contributed by atoms with Crippen molar-refractivity contribution in [2.45, 2.75) is 33.8 Å². The smallest absolute Gasteiger partial charge is 0.137 e. The van der Waals surface area contributed by atoms with Crippen molar-refractivity contribution in [3.63, 3.8) is 0 Å². The highest BCUT2D eigenvalue weighted by atomic mass is 16.3. The maximum atomic E-state index is 9.35. The van der Waals surface area contributed by atoms with E-state index in [2.05, 4.69) is 4.98 Å². The standard InChI is InChI=1S/C10H12N2O.C2H6/c1-7-6-11-10-5-9(8(2)13)3-4-12(7)10;1-2/h3-6,8,13H,1-2H3;1-2H3. The summed E-state index contributed by atoms with van der Waals surface area (Å²) in [7, 11) is 0. The number of hydrogen-bond acceptors (Lipinski definition) is 2. The molecule has 0 spiro atoms. The first-order valence-corrected chi connectivity index (χ1v) is 5.30. The quantitative estimate of drug-likeness (QED) is 0.779. The van der Waals surface area contributed by atoms with Gasteiger partial charge in [-0.15, -0.1) is 0 Å². The third-order valence-electron chi connectivity index (χ3n) is 2.20. The summed E-state index contributed by atoms with van der Waals surface area (Å²) in [6.07, 6.45) is 3.32. The molecule has 0 amide bonds. The van der Waals surface area contributed by atoms with E-state index in [4.69, 9.17) is 0 Å². The molecule has 82 valence electrons. The third kappa shape index (κ3) is 2.36. The van der Waals surface area contributed by atoms with Crippen LogP contribution in [0.3, 0.4) is 0 Å². The van der Waals surface area contributed by atoms with Crippen LogP contribution < -0.4 is 0 Å². The van der Waals surface area contributed by atoms with Gasteiger partial charge in [0.25, 0.3) is 0 Å². The Hall–Kier alpha value is -1.35. The summed E-state index contributed by atoms with van der Waals surface area (Å²) in [6.45, 7) is 7.75. The largest absolute Gasteiger partial charge is 0.389 e. The molecule has 2 aromatic rings. The Kier molecular flexibility index (Phi) is 3.86. The molecule has 0 aliphatic rings. The Bertz CT molecular complexity index is 432. The van der Waals surface area contributed by atoms with Gasteiger partial charge in [-0.05, 0) is 31.5 Å². The van der Waals surface area contributed by atoms with Crippen molar-refractivity contribution in [3.8, 4) is 0 Å². The number of imidazole rings is 1. The topological polar surface area (TPSA) is 37.5 Å². The van der Waals surface area contributed by atoms with E-state index in [0.29, 0.717) is 0 Å². The van der Waals surface area contributed by atoms with Crippen LogP contribution in [0.25, 0.3) is 5.65 Å². The monoisotopic (exact) mass is 206 g/mol. The van der Waals surface area contributed by atoms with E-state index in [1.165, 1.54) is 0 Å². The normalized spacial score (nSPS) is 12.1. The van der Waals surface area contributed by atoms with Crippen LogP contribution in [0, 0.1) is 6.92 Å².